The molecule has 1 unspecified atom stereocenters. The van der Waals surface area contributed by atoms with Crippen molar-refractivity contribution in [3.8, 4) is 0 Å². The van der Waals surface area contributed by atoms with Gasteiger partial charge in [-0.25, -0.2) is 0 Å². The molecule has 0 aliphatic heterocycles. The highest BCUT2D eigenvalue weighted by atomic mass is 16.3. The standard InChI is InChI=1S/C11H13N3O/c1-14-8-9(6-13-14)5-11(15)10-3-2-4-12-7-10/h2-4,6-8,11,15H,5H2,1H3. The monoisotopic (exact) mass is 203 g/mol. The molecule has 4 heteroatoms. The third-order valence-corrected chi connectivity index (χ3v) is 2.26. The van der Waals surface area contributed by atoms with Crippen LogP contribution in [0.4, 0.5) is 0 Å². The van der Waals surface area contributed by atoms with Crippen molar-refractivity contribution >= 4 is 0 Å². The molecule has 2 aromatic heterocycles. The highest BCUT2D eigenvalue weighted by Gasteiger charge is 2.09. The maximum atomic E-state index is 9.91. The molecule has 0 saturated carbocycles. The van der Waals surface area contributed by atoms with Gasteiger partial charge in [-0.05, 0) is 17.2 Å². The minimum absolute atomic E-state index is 0.511. The molecule has 0 aromatic carbocycles. The predicted octanol–water partition coefficient (Wildman–Crippen LogP) is 1.09. The fourth-order valence-electron chi connectivity index (χ4n) is 1.49. The molecule has 0 spiro atoms. The van der Waals surface area contributed by atoms with E-state index in [-0.39, 0.29) is 0 Å². The quantitative estimate of drug-likeness (QED) is 0.812. The van der Waals surface area contributed by atoms with Crippen LogP contribution in [-0.2, 0) is 13.5 Å². The summed E-state index contributed by atoms with van der Waals surface area (Å²) in [6, 6.07) is 3.69. The molecule has 0 saturated heterocycles. The lowest BCUT2D eigenvalue weighted by Gasteiger charge is -2.08. The summed E-state index contributed by atoms with van der Waals surface area (Å²) < 4.78 is 1.73. The number of aryl methyl sites for hydroxylation is 1. The van der Waals surface area contributed by atoms with Crippen LogP contribution in [0.15, 0.2) is 36.9 Å². The largest absolute Gasteiger partial charge is 0.388 e. The van der Waals surface area contributed by atoms with Gasteiger partial charge in [0.2, 0.25) is 0 Å². The maximum Gasteiger partial charge on any atom is 0.0846 e. The molecule has 0 fully saturated rings. The number of pyridine rings is 1. The van der Waals surface area contributed by atoms with Gasteiger partial charge in [-0.2, -0.15) is 5.10 Å². The van der Waals surface area contributed by atoms with Gasteiger partial charge in [0.25, 0.3) is 0 Å². The normalized spacial score (nSPS) is 12.7. The summed E-state index contributed by atoms with van der Waals surface area (Å²) in [7, 11) is 1.86. The lowest BCUT2D eigenvalue weighted by Crippen LogP contribution is -2.01. The van der Waals surface area contributed by atoms with Crippen LogP contribution in [0.25, 0.3) is 0 Å². The van der Waals surface area contributed by atoms with E-state index in [4.69, 9.17) is 0 Å². The molecule has 0 aliphatic carbocycles. The minimum atomic E-state index is -0.511. The highest BCUT2D eigenvalue weighted by molar-refractivity contribution is 5.16. The summed E-state index contributed by atoms with van der Waals surface area (Å²) in [4.78, 5) is 3.97. The van der Waals surface area contributed by atoms with Gasteiger partial charge in [-0.3, -0.25) is 9.67 Å². The summed E-state index contributed by atoms with van der Waals surface area (Å²) in [5.74, 6) is 0. The number of hydrogen-bond donors (Lipinski definition) is 1. The van der Waals surface area contributed by atoms with Crippen LogP contribution >= 0.6 is 0 Å². The molecule has 78 valence electrons. The second-order valence-corrected chi connectivity index (χ2v) is 3.53. The lowest BCUT2D eigenvalue weighted by molar-refractivity contribution is 0.178. The van der Waals surface area contributed by atoms with E-state index in [9.17, 15) is 5.11 Å². The van der Waals surface area contributed by atoms with E-state index >= 15 is 0 Å². The van der Waals surface area contributed by atoms with Gasteiger partial charge in [0.05, 0.1) is 12.3 Å². The zero-order valence-corrected chi connectivity index (χ0v) is 8.54. The van der Waals surface area contributed by atoms with E-state index in [1.54, 1.807) is 23.3 Å². The molecule has 0 aliphatic rings. The zero-order valence-electron chi connectivity index (χ0n) is 8.54. The van der Waals surface area contributed by atoms with Gasteiger partial charge in [-0.15, -0.1) is 0 Å². The average Bonchev–Trinajstić information content (AvgIpc) is 2.65. The van der Waals surface area contributed by atoms with E-state index in [0.717, 1.165) is 11.1 Å². The van der Waals surface area contributed by atoms with Crippen LogP contribution in [0.3, 0.4) is 0 Å². The van der Waals surface area contributed by atoms with E-state index in [1.165, 1.54) is 0 Å². The first-order chi connectivity index (χ1) is 7.25. The van der Waals surface area contributed by atoms with Gasteiger partial charge in [0.15, 0.2) is 0 Å². The van der Waals surface area contributed by atoms with Gasteiger partial charge in [-0.1, -0.05) is 6.07 Å². The Morgan fingerprint density at radius 3 is 2.93 bits per heavy atom. The van der Waals surface area contributed by atoms with E-state index in [1.807, 2.05) is 25.4 Å². The second kappa shape index (κ2) is 4.23. The number of hydrogen-bond acceptors (Lipinski definition) is 3. The van der Waals surface area contributed by atoms with Crippen LogP contribution in [0.2, 0.25) is 0 Å². The molecule has 2 heterocycles. The van der Waals surface area contributed by atoms with Crippen LogP contribution in [-0.4, -0.2) is 19.9 Å². The van der Waals surface area contributed by atoms with Gasteiger partial charge < -0.3 is 5.11 Å². The topological polar surface area (TPSA) is 50.9 Å². The summed E-state index contributed by atoms with van der Waals surface area (Å²) in [5.41, 5.74) is 1.86. The van der Waals surface area contributed by atoms with E-state index < -0.39 is 6.10 Å². The molecule has 4 nitrogen and oxygen atoms in total. The Morgan fingerprint density at radius 1 is 1.47 bits per heavy atom. The highest BCUT2D eigenvalue weighted by Crippen LogP contribution is 2.16. The number of aliphatic hydroxyl groups is 1. The third-order valence-electron chi connectivity index (χ3n) is 2.26. The molecular weight excluding hydrogens is 190 g/mol. The first-order valence-electron chi connectivity index (χ1n) is 4.81. The Labute approximate surface area is 88.2 Å². The molecule has 1 atom stereocenters. The second-order valence-electron chi connectivity index (χ2n) is 3.53. The lowest BCUT2D eigenvalue weighted by atomic mass is 10.1. The van der Waals surface area contributed by atoms with Crippen molar-refractivity contribution in [2.24, 2.45) is 7.05 Å². The third kappa shape index (κ3) is 2.41. The molecule has 2 aromatic rings. The van der Waals surface area contributed by atoms with Crippen molar-refractivity contribution in [3.05, 3.63) is 48.0 Å². The number of rotatable bonds is 3. The number of aliphatic hydroxyl groups excluding tert-OH is 1. The van der Waals surface area contributed by atoms with Crippen molar-refractivity contribution in [2.45, 2.75) is 12.5 Å². The van der Waals surface area contributed by atoms with E-state index in [0.29, 0.717) is 6.42 Å². The van der Waals surface area contributed by atoms with E-state index in [2.05, 4.69) is 10.1 Å². The Kier molecular flexibility index (Phi) is 2.78. The van der Waals surface area contributed by atoms with Crippen LogP contribution in [0.5, 0.6) is 0 Å². The molecule has 1 N–H and O–H groups in total. The van der Waals surface area contributed by atoms with Crippen LogP contribution in [0, 0.1) is 0 Å². The Balaban J connectivity index is 2.07. The van der Waals surface area contributed by atoms with Gasteiger partial charge >= 0.3 is 0 Å². The fourth-order valence-corrected chi connectivity index (χ4v) is 1.49. The van der Waals surface area contributed by atoms with Crippen LogP contribution < -0.4 is 0 Å². The minimum Gasteiger partial charge on any atom is -0.388 e. The summed E-state index contributed by atoms with van der Waals surface area (Å²) in [5, 5.41) is 14.0. The first kappa shape index (κ1) is 9.86. The Morgan fingerprint density at radius 2 is 2.33 bits per heavy atom. The smallest absolute Gasteiger partial charge is 0.0846 e. The molecule has 2 rings (SSSR count). The summed E-state index contributed by atoms with van der Waals surface area (Å²) in [6.45, 7) is 0. The van der Waals surface area contributed by atoms with Crippen molar-refractivity contribution in [3.63, 3.8) is 0 Å². The number of aromatic nitrogens is 3. The molecular formula is C11H13N3O. The number of nitrogens with zero attached hydrogens (tertiary/aromatic N) is 3. The van der Waals surface area contributed by atoms with Crippen molar-refractivity contribution in [1.29, 1.82) is 0 Å². The first-order valence-corrected chi connectivity index (χ1v) is 4.81. The predicted molar refractivity (Wildman–Crippen MR) is 56.1 cm³/mol. The maximum absolute atomic E-state index is 9.91. The van der Waals surface area contributed by atoms with Crippen molar-refractivity contribution < 1.29 is 5.11 Å². The Hall–Kier alpha value is -1.68. The average molecular weight is 203 g/mol. The van der Waals surface area contributed by atoms with Gasteiger partial charge in [0, 0.05) is 32.1 Å². The summed E-state index contributed by atoms with van der Waals surface area (Å²) >= 11 is 0. The Bertz CT molecular complexity index is 424. The molecule has 0 bridgehead atoms. The molecule has 0 amide bonds. The molecule has 0 radical (unpaired) electrons. The molecule has 15 heavy (non-hydrogen) atoms. The van der Waals surface area contributed by atoms with Gasteiger partial charge in [0.1, 0.15) is 0 Å². The zero-order chi connectivity index (χ0) is 10.7. The fraction of sp³-hybridized carbons (Fsp3) is 0.273. The summed E-state index contributed by atoms with van der Waals surface area (Å²) in [6.07, 6.45) is 7.10. The van der Waals surface area contributed by atoms with Crippen LogP contribution in [0.1, 0.15) is 17.2 Å². The van der Waals surface area contributed by atoms with Crippen molar-refractivity contribution in [2.75, 3.05) is 0 Å². The SMILES string of the molecule is Cn1cc(CC(O)c2cccnc2)cn1. The van der Waals surface area contributed by atoms with Crippen molar-refractivity contribution in [1.82, 2.24) is 14.8 Å².